The molecule has 0 saturated carbocycles. The summed E-state index contributed by atoms with van der Waals surface area (Å²) in [4.78, 5) is 24.6. The number of carboxylic acid groups (broad SMARTS) is 1. The zero-order valence-electron chi connectivity index (χ0n) is 11.8. The third kappa shape index (κ3) is 6.05. The van der Waals surface area contributed by atoms with Gasteiger partial charge in [0.25, 0.3) is 0 Å². The number of nitrogens with zero attached hydrogens (tertiary/aromatic N) is 1. The topological polar surface area (TPSA) is 66.8 Å². The Morgan fingerprint density at radius 2 is 2.00 bits per heavy atom. The molecule has 0 radical (unpaired) electrons. The van der Waals surface area contributed by atoms with E-state index >= 15 is 0 Å². The van der Waals surface area contributed by atoms with Crippen molar-refractivity contribution in [3.8, 4) is 0 Å². The molecular formula is C14H25NO4. The van der Waals surface area contributed by atoms with Crippen molar-refractivity contribution in [3.05, 3.63) is 0 Å². The van der Waals surface area contributed by atoms with Crippen molar-refractivity contribution >= 4 is 11.9 Å². The van der Waals surface area contributed by atoms with E-state index in [0.29, 0.717) is 26.2 Å². The average molecular weight is 271 g/mol. The van der Waals surface area contributed by atoms with Crippen LogP contribution in [0.3, 0.4) is 0 Å². The Morgan fingerprint density at radius 3 is 2.68 bits per heavy atom. The summed E-state index contributed by atoms with van der Waals surface area (Å²) in [7, 11) is 0. The molecule has 0 aromatic heterocycles. The average Bonchev–Trinajstić information content (AvgIpc) is 2.38. The minimum Gasteiger partial charge on any atom is -0.481 e. The maximum Gasteiger partial charge on any atom is 0.305 e. The van der Waals surface area contributed by atoms with Crippen LogP contribution in [0.25, 0.3) is 0 Å². The van der Waals surface area contributed by atoms with Gasteiger partial charge in [-0.25, -0.2) is 0 Å². The van der Waals surface area contributed by atoms with Gasteiger partial charge in [-0.05, 0) is 6.42 Å². The molecule has 1 N–H and O–H groups in total. The Labute approximate surface area is 114 Å². The molecule has 1 fully saturated rings. The molecule has 5 heteroatoms. The second-order valence-electron chi connectivity index (χ2n) is 5.08. The third-order valence-corrected chi connectivity index (χ3v) is 3.45. The summed E-state index contributed by atoms with van der Waals surface area (Å²) in [5, 5.41) is 8.84. The van der Waals surface area contributed by atoms with Crippen molar-refractivity contribution in [3.63, 3.8) is 0 Å². The number of rotatable bonds is 8. The van der Waals surface area contributed by atoms with E-state index in [4.69, 9.17) is 9.84 Å². The molecule has 1 aliphatic rings. The van der Waals surface area contributed by atoms with Crippen molar-refractivity contribution in [1.82, 2.24) is 4.90 Å². The molecule has 1 aliphatic heterocycles. The first-order valence-electron chi connectivity index (χ1n) is 7.24. The number of hydrogen-bond donors (Lipinski definition) is 1. The summed E-state index contributed by atoms with van der Waals surface area (Å²) in [6.45, 7) is 3.53. The largest absolute Gasteiger partial charge is 0.481 e. The van der Waals surface area contributed by atoms with Gasteiger partial charge in [0, 0.05) is 13.0 Å². The Balaban J connectivity index is 2.32. The van der Waals surface area contributed by atoms with Crippen LogP contribution in [0.1, 0.15) is 51.9 Å². The van der Waals surface area contributed by atoms with Gasteiger partial charge in [-0.3, -0.25) is 9.59 Å². The Hall–Kier alpha value is -1.10. The molecular weight excluding hydrogens is 246 g/mol. The highest BCUT2D eigenvalue weighted by molar-refractivity contribution is 5.77. The molecule has 0 bridgehead atoms. The Bertz CT molecular complexity index is 293. The summed E-state index contributed by atoms with van der Waals surface area (Å²) in [5.41, 5.74) is 0. The lowest BCUT2D eigenvalue weighted by atomic mass is 10.1. The number of hydrogen-bond acceptors (Lipinski definition) is 3. The number of ether oxygens (including phenoxy) is 1. The predicted octanol–water partition coefficient (Wildman–Crippen LogP) is 2.05. The van der Waals surface area contributed by atoms with Gasteiger partial charge in [-0.15, -0.1) is 0 Å². The van der Waals surface area contributed by atoms with Crippen LogP contribution < -0.4 is 0 Å². The van der Waals surface area contributed by atoms with E-state index in [2.05, 4.69) is 6.92 Å². The van der Waals surface area contributed by atoms with Gasteiger partial charge in [-0.2, -0.15) is 0 Å². The van der Waals surface area contributed by atoms with E-state index in [1.807, 2.05) is 0 Å². The zero-order chi connectivity index (χ0) is 14.1. The van der Waals surface area contributed by atoms with Gasteiger partial charge in [0.1, 0.15) is 0 Å². The predicted molar refractivity (Wildman–Crippen MR) is 71.9 cm³/mol. The van der Waals surface area contributed by atoms with Crippen molar-refractivity contribution in [2.75, 3.05) is 19.8 Å². The quantitative estimate of drug-likeness (QED) is 0.686. The highest BCUT2D eigenvalue weighted by Gasteiger charge is 2.28. The molecule has 0 aromatic rings. The number of unbranched alkanes of at least 4 members (excludes halogenated alkanes) is 4. The normalized spacial score (nSPS) is 19.4. The summed E-state index contributed by atoms with van der Waals surface area (Å²) >= 11 is 0. The van der Waals surface area contributed by atoms with E-state index in [1.54, 1.807) is 4.90 Å². The van der Waals surface area contributed by atoms with Crippen LogP contribution >= 0.6 is 0 Å². The molecule has 1 saturated heterocycles. The first-order valence-corrected chi connectivity index (χ1v) is 7.24. The minimum atomic E-state index is -0.878. The first kappa shape index (κ1) is 16.0. The van der Waals surface area contributed by atoms with E-state index in [0.717, 1.165) is 12.8 Å². The fourth-order valence-corrected chi connectivity index (χ4v) is 2.38. The summed E-state index contributed by atoms with van der Waals surface area (Å²) in [6.07, 6.45) is 6.06. The summed E-state index contributed by atoms with van der Waals surface area (Å²) in [5.74, 6) is -0.803. The fourth-order valence-electron chi connectivity index (χ4n) is 2.38. The number of carbonyl (C=O) groups is 2. The molecule has 0 aromatic carbocycles. The van der Waals surface area contributed by atoms with Crippen molar-refractivity contribution in [2.45, 2.75) is 57.9 Å². The Morgan fingerprint density at radius 1 is 1.26 bits per heavy atom. The minimum absolute atomic E-state index is 0.0262. The Kier molecular flexibility index (Phi) is 7.48. The molecule has 0 aliphatic carbocycles. The maximum absolute atomic E-state index is 12.1. The van der Waals surface area contributed by atoms with E-state index in [1.165, 1.54) is 19.3 Å². The number of carbonyl (C=O) groups excluding carboxylic acids is 1. The molecule has 1 amide bonds. The molecule has 1 heterocycles. The molecule has 1 rings (SSSR count). The SMILES string of the molecule is CCCCCCCC(=O)N1CCOCC1CC(=O)O. The molecule has 110 valence electrons. The first-order chi connectivity index (χ1) is 9.15. The van der Waals surface area contributed by atoms with Crippen molar-refractivity contribution in [2.24, 2.45) is 0 Å². The van der Waals surface area contributed by atoms with Crippen molar-refractivity contribution < 1.29 is 19.4 Å². The van der Waals surface area contributed by atoms with Crippen LogP contribution in [0.2, 0.25) is 0 Å². The lowest BCUT2D eigenvalue weighted by molar-refractivity contribution is -0.146. The highest BCUT2D eigenvalue weighted by atomic mass is 16.5. The van der Waals surface area contributed by atoms with Crippen LogP contribution in [0.4, 0.5) is 0 Å². The van der Waals surface area contributed by atoms with Crippen LogP contribution in [0, 0.1) is 0 Å². The molecule has 0 spiro atoms. The van der Waals surface area contributed by atoms with Gasteiger partial charge in [0.15, 0.2) is 0 Å². The number of morpholine rings is 1. The van der Waals surface area contributed by atoms with Gasteiger partial charge in [0.2, 0.25) is 5.91 Å². The second-order valence-corrected chi connectivity index (χ2v) is 5.08. The monoisotopic (exact) mass is 271 g/mol. The van der Waals surface area contributed by atoms with Crippen LogP contribution in [-0.4, -0.2) is 47.7 Å². The van der Waals surface area contributed by atoms with Crippen LogP contribution in [-0.2, 0) is 14.3 Å². The summed E-state index contributed by atoms with van der Waals surface area (Å²) < 4.78 is 5.26. The van der Waals surface area contributed by atoms with Gasteiger partial charge in [0.05, 0.1) is 25.7 Å². The standard InChI is InChI=1S/C14H25NO4/c1-2-3-4-5-6-7-13(16)15-8-9-19-11-12(15)10-14(17)18/h12H,2-11H2,1H3,(H,17,18). The summed E-state index contributed by atoms with van der Waals surface area (Å²) in [6, 6.07) is -0.297. The lowest BCUT2D eigenvalue weighted by Crippen LogP contribution is -2.49. The third-order valence-electron chi connectivity index (χ3n) is 3.45. The molecule has 5 nitrogen and oxygen atoms in total. The van der Waals surface area contributed by atoms with Gasteiger partial charge in [-0.1, -0.05) is 32.6 Å². The maximum atomic E-state index is 12.1. The number of carboxylic acids is 1. The molecule has 1 atom stereocenters. The second kappa shape index (κ2) is 8.91. The fraction of sp³-hybridized carbons (Fsp3) is 0.857. The van der Waals surface area contributed by atoms with Gasteiger partial charge >= 0.3 is 5.97 Å². The molecule has 19 heavy (non-hydrogen) atoms. The van der Waals surface area contributed by atoms with Crippen LogP contribution in [0.15, 0.2) is 0 Å². The number of aliphatic carboxylic acids is 1. The number of amides is 1. The lowest BCUT2D eigenvalue weighted by Gasteiger charge is -2.35. The zero-order valence-corrected chi connectivity index (χ0v) is 11.8. The van der Waals surface area contributed by atoms with Crippen LogP contribution in [0.5, 0.6) is 0 Å². The van der Waals surface area contributed by atoms with E-state index in [-0.39, 0.29) is 18.4 Å². The highest BCUT2D eigenvalue weighted by Crippen LogP contribution is 2.14. The van der Waals surface area contributed by atoms with E-state index < -0.39 is 5.97 Å². The van der Waals surface area contributed by atoms with Gasteiger partial charge < -0.3 is 14.7 Å². The molecule has 1 unspecified atom stereocenters. The van der Waals surface area contributed by atoms with Crippen molar-refractivity contribution in [1.29, 1.82) is 0 Å². The van der Waals surface area contributed by atoms with E-state index in [9.17, 15) is 9.59 Å². The smallest absolute Gasteiger partial charge is 0.305 e.